The first-order chi connectivity index (χ1) is 13.1. The van der Waals surface area contributed by atoms with E-state index in [4.69, 9.17) is 14.2 Å². The molecule has 152 valence electrons. The van der Waals surface area contributed by atoms with Crippen molar-refractivity contribution in [2.45, 2.75) is 31.6 Å². The highest BCUT2D eigenvalue weighted by atomic mass is 16.5. The zero-order valence-electron chi connectivity index (χ0n) is 16.2. The Kier molecular flexibility index (Phi) is 7.72. The number of morpholine rings is 1. The number of aliphatic hydroxyl groups is 2. The maximum absolute atomic E-state index is 10.3. The van der Waals surface area contributed by atoms with Gasteiger partial charge in [0.1, 0.15) is 12.7 Å². The minimum absolute atomic E-state index is 0.199. The Hall–Kier alpha value is -1.38. The van der Waals surface area contributed by atoms with E-state index in [-0.39, 0.29) is 12.7 Å². The van der Waals surface area contributed by atoms with Gasteiger partial charge in [-0.1, -0.05) is 6.07 Å². The molecule has 27 heavy (non-hydrogen) atoms. The second-order valence-electron chi connectivity index (χ2n) is 7.37. The predicted molar refractivity (Wildman–Crippen MR) is 102 cm³/mol. The highest BCUT2D eigenvalue weighted by Crippen LogP contribution is 2.29. The summed E-state index contributed by atoms with van der Waals surface area (Å²) >= 11 is 0. The second kappa shape index (κ2) is 10.2. The summed E-state index contributed by atoms with van der Waals surface area (Å²) in [4.78, 5) is 4.53. The normalized spacial score (nSPS) is 21.1. The van der Waals surface area contributed by atoms with Crippen LogP contribution in [0, 0.1) is 0 Å². The fourth-order valence-electron chi connectivity index (χ4n) is 3.59. The Labute approximate surface area is 161 Å². The molecule has 0 bridgehead atoms. The van der Waals surface area contributed by atoms with E-state index in [1.54, 1.807) is 7.11 Å². The van der Waals surface area contributed by atoms with E-state index in [0.717, 1.165) is 58.8 Å². The van der Waals surface area contributed by atoms with E-state index in [9.17, 15) is 10.2 Å². The van der Waals surface area contributed by atoms with Gasteiger partial charge in [-0.3, -0.25) is 4.90 Å². The number of nitrogens with zero attached hydrogens (tertiary/aromatic N) is 2. The van der Waals surface area contributed by atoms with Gasteiger partial charge in [0.15, 0.2) is 11.5 Å². The summed E-state index contributed by atoms with van der Waals surface area (Å²) in [5.74, 6) is 1.34. The first kappa shape index (κ1) is 20.4. The molecule has 0 aliphatic carbocycles. The van der Waals surface area contributed by atoms with Crippen molar-refractivity contribution in [3.05, 3.63) is 23.8 Å². The number of ether oxygens (including phenoxy) is 3. The summed E-state index contributed by atoms with van der Waals surface area (Å²) < 4.78 is 16.7. The van der Waals surface area contributed by atoms with Crippen molar-refractivity contribution in [3.63, 3.8) is 0 Å². The second-order valence-corrected chi connectivity index (χ2v) is 7.37. The fraction of sp³-hybridized carbons (Fsp3) is 0.700. The molecule has 7 heteroatoms. The molecule has 2 N–H and O–H groups in total. The van der Waals surface area contributed by atoms with Crippen LogP contribution < -0.4 is 9.47 Å². The molecule has 7 nitrogen and oxygen atoms in total. The lowest BCUT2D eigenvalue weighted by Gasteiger charge is -2.31. The number of β-amino-alcohol motifs (C(OH)–C–C–N with tert-alkyl or cyclic N) is 1. The zero-order valence-corrected chi connectivity index (χ0v) is 16.2. The van der Waals surface area contributed by atoms with Crippen LogP contribution in [-0.4, -0.2) is 91.9 Å². The highest BCUT2D eigenvalue weighted by molar-refractivity contribution is 5.43. The van der Waals surface area contributed by atoms with Crippen LogP contribution in [-0.2, 0) is 11.3 Å². The molecule has 0 amide bonds. The quantitative estimate of drug-likeness (QED) is 0.688. The Morgan fingerprint density at radius 3 is 2.56 bits per heavy atom. The molecule has 2 aliphatic heterocycles. The molecule has 1 atom stereocenters. The number of hydrogen-bond acceptors (Lipinski definition) is 7. The molecule has 1 aromatic carbocycles. The Morgan fingerprint density at radius 1 is 1.11 bits per heavy atom. The monoisotopic (exact) mass is 380 g/mol. The fourth-order valence-corrected chi connectivity index (χ4v) is 3.59. The van der Waals surface area contributed by atoms with Crippen LogP contribution in [0.3, 0.4) is 0 Å². The minimum Gasteiger partial charge on any atom is -0.493 e. The van der Waals surface area contributed by atoms with Crippen molar-refractivity contribution < 1.29 is 24.4 Å². The molecule has 3 rings (SSSR count). The lowest BCUT2D eigenvalue weighted by atomic mass is 10.1. The van der Waals surface area contributed by atoms with Gasteiger partial charge in [0.2, 0.25) is 0 Å². The lowest BCUT2D eigenvalue weighted by molar-refractivity contribution is 0.0330. The van der Waals surface area contributed by atoms with Gasteiger partial charge >= 0.3 is 0 Å². The number of benzene rings is 1. The molecular formula is C20H32N2O5. The third kappa shape index (κ3) is 6.33. The molecule has 0 unspecified atom stereocenters. The minimum atomic E-state index is -0.571. The van der Waals surface area contributed by atoms with Gasteiger partial charge in [0.25, 0.3) is 0 Å². The highest BCUT2D eigenvalue weighted by Gasteiger charge is 2.20. The van der Waals surface area contributed by atoms with E-state index >= 15 is 0 Å². The van der Waals surface area contributed by atoms with E-state index in [1.165, 1.54) is 5.56 Å². The van der Waals surface area contributed by atoms with Crippen LogP contribution in [0.4, 0.5) is 0 Å². The molecule has 2 saturated heterocycles. The summed E-state index contributed by atoms with van der Waals surface area (Å²) in [6.07, 6.45) is 0.769. The summed E-state index contributed by atoms with van der Waals surface area (Å²) in [7, 11) is 1.64. The van der Waals surface area contributed by atoms with E-state index in [1.807, 2.05) is 18.2 Å². The number of aliphatic hydroxyl groups excluding tert-OH is 2. The third-order valence-corrected chi connectivity index (χ3v) is 5.20. The topological polar surface area (TPSA) is 74.6 Å². The van der Waals surface area contributed by atoms with Gasteiger partial charge in [-0.2, -0.15) is 0 Å². The molecule has 0 spiro atoms. The predicted octanol–water partition coefficient (Wildman–Crippen LogP) is 0.724. The van der Waals surface area contributed by atoms with E-state index < -0.39 is 6.10 Å². The number of hydrogen-bond donors (Lipinski definition) is 2. The standard InChI is InChI=1S/C20H32N2O5/c1-25-20-12-16(13-22-8-10-26-11-9-22)2-3-19(20)27-15-18(24)14-21-6-4-17(23)5-7-21/h2-3,12,17-18,23-24H,4-11,13-15H2,1H3/t18-/m0/s1. The molecule has 2 aliphatic rings. The molecule has 2 heterocycles. The van der Waals surface area contributed by atoms with Crippen LogP contribution >= 0.6 is 0 Å². The van der Waals surface area contributed by atoms with Gasteiger partial charge in [0, 0.05) is 39.3 Å². The van der Waals surface area contributed by atoms with Crippen molar-refractivity contribution in [1.82, 2.24) is 9.80 Å². The van der Waals surface area contributed by atoms with Crippen LogP contribution in [0.2, 0.25) is 0 Å². The van der Waals surface area contributed by atoms with Gasteiger partial charge < -0.3 is 29.3 Å². The third-order valence-electron chi connectivity index (χ3n) is 5.20. The van der Waals surface area contributed by atoms with Gasteiger partial charge in [-0.05, 0) is 30.5 Å². The SMILES string of the molecule is COc1cc(CN2CCOCC2)ccc1OC[C@@H](O)CN1CCC(O)CC1. The lowest BCUT2D eigenvalue weighted by Crippen LogP contribution is -2.41. The largest absolute Gasteiger partial charge is 0.493 e. The smallest absolute Gasteiger partial charge is 0.161 e. The average Bonchev–Trinajstić information content (AvgIpc) is 2.69. The maximum Gasteiger partial charge on any atom is 0.161 e. The maximum atomic E-state index is 10.3. The zero-order chi connectivity index (χ0) is 19.1. The summed E-state index contributed by atoms with van der Waals surface area (Å²) in [6, 6.07) is 5.97. The van der Waals surface area contributed by atoms with Crippen molar-refractivity contribution in [1.29, 1.82) is 0 Å². The van der Waals surface area contributed by atoms with Crippen molar-refractivity contribution in [3.8, 4) is 11.5 Å². The summed E-state index contributed by atoms with van der Waals surface area (Å²) in [5, 5.41) is 19.8. The molecule has 0 saturated carbocycles. The van der Waals surface area contributed by atoms with Crippen molar-refractivity contribution in [2.75, 3.05) is 59.7 Å². The number of methoxy groups -OCH3 is 1. The summed E-state index contributed by atoms with van der Waals surface area (Å²) in [6.45, 7) is 6.74. The first-order valence-electron chi connectivity index (χ1n) is 9.82. The van der Waals surface area contributed by atoms with Crippen molar-refractivity contribution in [2.24, 2.45) is 0 Å². The number of piperidine rings is 1. The van der Waals surface area contributed by atoms with Crippen LogP contribution in [0.5, 0.6) is 11.5 Å². The molecule has 0 aromatic heterocycles. The first-order valence-corrected chi connectivity index (χ1v) is 9.82. The van der Waals surface area contributed by atoms with Gasteiger partial charge in [-0.15, -0.1) is 0 Å². The van der Waals surface area contributed by atoms with Gasteiger partial charge in [0.05, 0.1) is 26.4 Å². The number of rotatable bonds is 8. The van der Waals surface area contributed by atoms with Crippen molar-refractivity contribution >= 4 is 0 Å². The molecule has 2 fully saturated rings. The Morgan fingerprint density at radius 2 is 1.85 bits per heavy atom. The Balaban J connectivity index is 1.48. The molecule has 0 radical (unpaired) electrons. The summed E-state index contributed by atoms with van der Waals surface area (Å²) in [5.41, 5.74) is 1.17. The van der Waals surface area contributed by atoms with E-state index in [2.05, 4.69) is 9.80 Å². The van der Waals surface area contributed by atoms with Crippen LogP contribution in [0.25, 0.3) is 0 Å². The molecular weight excluding hydrogens is 348 g/mol. The molecule has 1 aromatic rings. The number of likely N-dealkylation sites (tertiary alicyclic amines) is 1. The van der Waals surface area contributed by atoms with Crippen LogP contribution in [0.1, 0.15) is 18.4 Å². The van der Waals surface area contributed by atoms with Crippen LogP contribution in [0.15, 0.2) is 18.2 Å². The van der Waals surface area contributed by atoms with Gasteiger partial charge in [-0.25, -0.2) is 0 Å². The Bertz CT molecular complexity index is 571. The van der Waals surface area contributed by atoms with E-state index in [0.29, 0.717) is 18.0 Å². The average molecular weight is 380 g/mol.